The zero-order valence-electron chi connectivity index (χ0n) is 11.5. The van der Waals surface area contributed by atoms with Gasteiger partial charge in [0.1, 0.15) is 0 Å². The Morgan fingerprint density at radius 3 is 3.15 bits per heavy atom. The molecule has 0 spiro atoms. The second-order valence-corrected chi connectivity index (χ2v) is 6.86. The van der Waals surface area contributed by atoms with Gasteiger partial charge < -0.3 is 5.32 Å². The van der Waals surface area contributed by atoms with E-state index >= 15 is 0 Å². The second kappa shape index (κ2) is 6.33. The predicted octanol–water partition coefficient (Wildman–Crippen LogP) is 4.34. The standard InChI is InChI=1S/C15H18BrN3S/c1-2-7-17-12-4-3-5-13-10(12)9-18-15(19-13)14-11(16)6-8-20-14/h6,8-9,12,17H,2-5,7H2,1H3. The Labute approximate surface area is 132 Å². The van der Waals surface area contributed by atoms with Crippen molar-refractivity contribution in [3.8, 4) is 10.7 Å². The van der Waals surface area contributed by atoms with E-state index in [0.717, 1.165) is 34.6 Å². The highest BCUT2D eigenvalue weighted by molar-refractivity contribution is 9.10. The van der Waals surface area contributed by atoms with Gasteiger partial charge in [0.25, 0.3) is 0 Å². The van der Waals surface area contributed by atoms with Gasteiger partial charge in [-0.05, 0) is 59.6 Å². The Balaban J connectivity index is 1.91. The molecule has 2 aromatic rings. The quantitative estimate of drug-likeness (QED) is 0.889. The van der Waals surface area contributed by atoms with Crippen LogP contribution >= 0.6 is 27.3 Å². The van der Waals surface area contributed by atoms with Crippen LogP contribution in [0.2, 0.25) is 0 Å². The van der Waals surface area contributed by atoms with Crippen molar-refractivity contribution in [2.24, 2.45) is 0 Å². The maximum absolute atomic E-state index is 4.80. The molecule has 0 amide bonds. The number of aryl methyl sites for hydroxylation is 1. The Morgan fingerprint density at radius 1 is 1.50 bits per heavy atom. The summed E-state index contributed by atoms with van der Waals surface area (Å²) in [6.45, 7) is 3.26. The molecular weight excluding hydrogens is 334 g/mol. The average molecular weight is 352 g/mol. The van der Waals surface area contributed by atoms with Crippen LogP contribution in [0.5, 0.6) is 0 Å². The van der Waals surface area contributed by atoms with Gasteiger partial charge in [-0.3, -0.25) is 0 Å². The third kappa shape index (κ3) is 2.80. The van der Waals surface area contributed by atoms with E-state index in [0.29, 0.717) is 6.04 Å². The smallest absolute Gasteiger partial charge is 0.170 e. The number of hydrogen-bond acceptors (Lipinski definition) is 4. The molecule has 3 nitrogen and oxygen atoms in total. The molecule has 5 heteroatoms. The minimum Gasteiger partial charge on any atom is -0.310 e. The van der Waals surface area contributed by atoms with E-state index in [9.17, 15) is 0 Å². The number of halogens is 1. The number of fused-ring (bicyclic) bond motifs is 1. The number of hydrogen-bond donors (Lipinski definition) is 1. The first-order valence-corrected chi connectivity index (χ1v) is 8.79. The van der Waals surface area contributed by atoms with Gasteiger partial charge in [-0.1, -0.05) is 6.92 Å². The number of nitrogens with zero attached hydrogens (tertiary/aromatic N) is 2. The number of thiophene rings is 1. The van der Waals surface area contributed by atoms with Crippen molar-refractivity contribution < 1.29 is 0 Å². The van der Waals surface area contributed by atoms with Gasteiger partial charge in [-0.25, -0.2) is 9.97 Å². The molecule has 0 bridgehead atoms. The summed E-state index contributed by atoms with van der Waals surface area (Å²) in [6.07, 6.45) is 6.65. The summed E-state index contributed by atoms with van der Waals surface area (Å²) >= 11 is 5.24. The molecular formula is C15H18BrN3S. The summed E-state index contributed by atoms with van der Waals surface area (Å²) in [5, 5.41) is 5.67. The largest absolute Gasteiger partial charge is 0.310 e. The highest BCUT2D eigenvalue weighted by atomic mass is 79.9. The summed E-state index contributed by atoms with van der Waals surface area (Å²) in [6, 6.07) is 2.48. The highest BCUT2D eigenvalue weighted by Gasteiger charge is 2.22. The number of nitrogens with one attached hydrogen (secondary N) is 1. The van der Waals surface area contributed by atoms with E-state index < -0.39 is 0 Å². The van der Waals surface area contributed by atoms with Gasteiger partial charge in [-0.2, -0.15) is 0 Å². The van der Waals surface area contributed by atoms with Gasteiger partial charge in [0, 0.05) is 28.0 Å². The minimum absolute atomic E-state index is 0.430. The normalized spacial score (nSPS) is 18.0. The molecule has 20 heavy (non-hydrogen) atoms. The lowest BCUT2D eigenvalue weighted by Gasteiger charge is -2.25. The second-order valence-electron chi connectivity index (χ2n) is 5.09. The Morgan fingerprint density at radius 2 is 2.40 bits per heavy atom. The van der Waals surface area contributed by atoms with Gasteiger partial charge in [0.15, 0.2) is 5.82 Å². The molecule has 2 heterocycles. The number of aromatic nitrogens is 2. The summed E-state index contributed by atoms with van der Waals surface area (Å²) in [5.74, 6) is 0.849. The molecule has 0 saturated carbocycles. The molecule has 1 unspecified atom stereocenters. The molecule has 1 N–H and O–H groups in total. The Kier molecular flexibility index (Phi) is 4.48. The van der Waals surface area contributed by atoms with Crippen LogP contribution in [0.1, 0.15) is 43.5 Å². The van der Waals surface area contributed by atoms with Gasteiger partial charge in [-0.15, -0.1) is 11.3 Å². The molecule has 0 fully saturated rings. The monoisotopic (exact) mass is 351 g/mol. The summed E-state index contributed by atoms with van der Waals surface area (Å²) in [4.78, 5) is 10.5. The summed E-state index contributed by atoms with van der Waals surface area (Å²) < 4.78 is 1.08. The van der Waals surface area contributed by atoms with Crippen LogP contribution in [0.3, 0.4) is 0 Å². The summed E-state index contributed by atoms with van der Waals surface area (Å²) in [7, 11) is 0. The van der Waals surface area contributed by atoms with Gasteiger partial charge in [0.05, 0.1) is 4.88 Å². The molecule has 2 aromatic heterocycles. The van der Waals surface area contributed by atoms with Crippen LogP contribution in [0.15, 0.2) is 22.1 Å². The Bertz CT molecular complexity index is 597. The maximum Gasteiger partial charge on any atom is 0.170 e. The van der Waals surface area contributed by atoms with E-state index in [2.05, 4.69) is 44.6 Å². The van der Waals surface area contributed by atoms with Crippen molar-refractivity contribution >= 4 is 27.3 Å². The van der Waals surface area contributed by atoms with E-state index in [-0.39, 0.29) is 0 Å². The molecule has 3 rings (SSSR count). The van der Waals surface area contributed by atoms with Gasteiger partial charge in [0.2, 0.25) is 0 Å². The lowest BCUT2D eigenvalue weighted by atomic mass is 9.92. The lowest BCUT2D eigenvalue weighted by Crippen LogP contribution is -2.26. The van der Waals surface area contributed by atoms with Crippen LogP contribution in [0.4, 0.5) is 0 Å². The molecule has 106 valence electrons. The van der Waals surface area contributed by atoms with E-state index in [1.807, 2.05) is 6.20 Å². The van der Waals surface area contributed by atoms with Gasteiger partial charge >= 0.3 is 0 Å². The Hall–Kier alpha value is -0.780. The predicted molar refractivity (Wildman–Crippen MR) is 87.0 cm³/mol. The molecule has 0 radical (unpaired) electrons. The molecule has 0 aromatic carbocycles. The fourth-order valence-corrected chi connectivity index (χ4v) is 4.13. The maximum atomic E-state index is 4.80. The fraction of sp³-hybridized carbons (Fsp3) is 0.467. The van der Waals surface area contributed by atoms with Crippen LogP contribution < -0.4 is 5.32 Å². The van der Waals surface area contributed by atoms with E-state index in [4.69, 9.17) is 4.98 Å². The van der Waals surface area contributed by atoms with Crippen molar-refractivity contribution in [3.05, 3.63) is 33.4 Å². The summed E-state index contributed by atoms with van der Waals surface area (Å²) in [5.41, 5.74) is 2.51. The van der Waals surface area contributed by atoms with Crippen LogP contribution in [0.25, 0.3) is 10.7 Å². The van der Waals surface area contributed by atoms with Crippen molar-refractivity contribution in [2.75, 3.05) is 6.54 Å². The topological polar surface area (TPSA) is 37.8 Å². The average Bonchev–Trinajstić information content (AvgIpc) is 2.90. The third-order valence-corrected chi connectivity index (χ3v) is 5.48. The third-order valence-electron chi connectivity index (χ3n) is 3.64. The van der Waals surface area contributed by atoms with E-state index in [1.54, 1.807) is 11.3 Å². The van der Waals surface area contributed by atoms with E-state index in [1.165, 1.54) is 24.1 Å². The van der Waals surface area contributed by atoms with Crippen molar-refractivity contribution in [3.63, 3.8) is 0 Å². The zero-order chi connectivity index (χ0) is 13.9. The lowest BCUT2D eigenvalue weighted by molar-refractivity contribution is 0.454. The van der Waals surface area contributed by atoms with Crippen LogP contribution in [-0.2, 0) is 6.42 Å². The van der Waals surface area contributed by atoms with Crippen molar-refractivity contribution in [1.82, 2.24) is 15.3 Å². The first-order chi connectivity index (χ1) is 9.79. The first kappa shape index (κ1) is 14.2. The molecule has 1 aliphatic carbocycles. The van der Waals surface area contributed by atoms with Crippen LogP contribution in [0, 0.1) is 0 Å². The highest BCUT2D eigenvalue weighted by Crippen LogP contribution is 2.34. The molecule has 0 aliphatic heterocycles. The zero-order valence-corrected chi connectivity index (χ0v) is 13.9. The minimum atomic E-state index is 0.430. The van der Waals surface area contributed by atoms with Crippen molar-refractivity contribution in [1.29, 1.82) is 0 Å². The molecule has 0 saturated heterocycles. The molecule has 1 atom stereocenters. The first-order valence-electron chi connectivity index (χ1n) is 7.12. The SMILES string of the molecule is CCCNC1CCCc2nc(-c3sccc3Br)ncc21. The van der Waals surface area contributed by atoms with Crippen LogP contribution in [-0.4, -0.2) is 16.5 Å². The molecule has 1 aliphatic rings. The van der Waals surface area contributed by atoms with Crippen molar-refractivity contribution in [2.45, 2.75) is 38.6 Å². The fourth-order valence-electron chi connectivity index (χ4n) is 2.64. The number of rotatable bonds is 4.